The second-order valence-electron chi connectivity index (χ2n) is 4.51. The van der Waals surface area contributed by atoms with Crippen LogP contribution >= 0.6 is 11.3 Å². The van der Waals surface area contributed by atoms with Crippen molar-refractivity contribution in [3.05, 3.63) is 28.2 Å². The topological polar surface area (TPSA) is 80.0 Å². The zero-order chi connectivity index (χ0) is 15.2. The van der Waals surface area contributed by atoms with Crippen LogP contribution in [0.2, 0.25) is 0 Å². The van der Waals surface area contributed by atoms with Gasteiger partial charge in [0.15, 0.2) is 6.04 Å². The molecule has 3 heterocycles. The smallest absolute Gasteiger partial charge is 0.411 e. The number of rotatable bonds is 2. The van der Waals surface area contributed by atoms with Crippen molar-refractivity contribution < 1.29 is 23.1 Å². The molecule has 2 aromatic heterocycles. The van der Waals surface area contributed by atoms with Crippen LogP contribution in [-0.2, 0) is 0 Å². The number of hydrogen-bond acceptors (Lipinski definition) is 5. The number of halogens is 3. The Balaban J connectivity index is 2.03. The minimum atomic E-state index is -4.53. The second kappa shape index (κ2) is 4.72. The van der Waals surface area contributed by atoms with E-state index >= 15 is 0 Å². The first-order chi connectivity index (χ1) is 9.86. The van der Waals surface area contributed by atoms with Crippen LogP contribution in [0, 0.1) is 0 Å². The summed E-state index contributed by atoms with van der Waals surface area (Å²) in [7, 11) is 0. The number of carboxylic acid groups (broad SMARTS) is 1. The maximum atomic E-state index is 13.2. The predicted octanol–water partition coefficient (Wildman–Crippen LogP) is 2.70. The molecule has 0 aromatic carbocycles. The lowest BCUT2D eigenvalue weighted by molar-refractivity contribution is -0.173. The first kappa shape index (κ1) is 13.9. The van der Waals surface area contributed by atoms with Crippen molar-refractivity contribution in [2.45, 2.75) is 24.7 Å². The van der Waals surface area contributed by atoms with E-state index in [0.29, 0.717) is 4.68 Å². The fourth-order valence-electron chi connectivity index (χ4n) is 2.22. The molecule has 6 nitrogen and oxygen atoms in total. The van der Waals surface area contributed by atoms with Gasteiger partial charge >= 0.3 is 12.1 Å². The monoisotopic (exact) mass is 318 g/mol. The van der Waals surface area contributed by atoms with Crippen LogP contribution in [0.25, 0.3) is 0 Å². The minimum absolute atomic E-state index is 0.181. The maximum absolute atomic E-state index is 13.2. The van der Waals surface area contributed by atoms with Gasteiger partial charge in [0.1, 0.15) is 0 Å². The Morgan fingerprint density at radius 3 is 2.86 bits per heavy atom. The Labute approximate surface area is 120 Å². The number of aromatic carboxylic acids is 1. The molecule has 0 amide bonds. The highest BCUT2D eigenvalue weighted by molar-refractivity contribution is 7.10. The molecule has 0 spiro atoms. The molecule has 0 aliphatic carbocycles. The molecule has 2 aromatic rings. The summed E-state index contributed by atoms with van der Waals surface area (Å²) in [6.07, 6.45) is -4.80. The summed E-state index contributed by atoms with van der Waals surface area (Å²) in [5.41, 5.74) is 0. The lowest BCUT2D eigenvalue weighted by Gasteiger charge is -2.31. The van der Waals surface area contributed by atoms with Gasteiger partial charge in [-0.2, -0.15) is 18.2 Å². The van der Waals surface area contributed by atoms with Gasteiger partial charge in [-0.1, -0.05) is 6.07 Å². The highest BCUT2D eigenvalue weighted by atomic mass is 32.1. The Kier molecular flexibility index (Phi) is 3.12. The van der Waals surface area contributed by atoms with Gasteiger partial charge in [-0.25, -0.2) is 9.48 Å². The van der Waals surface area contributed by atoms with Crippen LogP contribution in [0.4, 0.5) is 19.1 Å². The fraction of sp³-hybridized carbons (Fsp3) is 0.364. The quantitative estimate of drug-likeness (QED) is 0.890. The van der Waals surface area contributed by atoms with Crippen molar-refractivity contribution >= 4 is 23.3 Å². The molecule has 0 radical (unpaired) electrons. The molecular weight excluding hydrogens is 309 g/mol. The number of nitrogens with one attached hydrogen (secondary N) is 1. The molecule has 1 aliphatic heterocycles. The summed E-state index contributed by atoms with van der Waals surface area (Å²) in [5, 5.41) is 16.8. The highest BCUT2D eigenvalue weighted by Crippen LogP contribution is 2.43. The average Bonchev–Trinajstić information content (AvgIpc) is 3.05. The highest BCUT2D eigenvalue weighted by Gasteiger charge is 2.47. The van der Waals surface area contributed by atoms with E-state index in [1.165, 1.54) is 11.3 Å². The van der Waals surface area contributed by atoms with Crippen LogP contribution in [0.1, 0.15) is 34.0 Å². The third-order valence-corrected chi connectivity index (χ3v) is 4.13. The molecule has 3 rings (SSSR count). The van der Waals surface area contributed by atoms with Gasteiger partial charge in [0.25, 0.3) is 5.82 Å². The molecule has 0 fully saturated rings. The number of fused-ring (bicyclic) bond motifs is 1. The first-order valence-electron chi connectivity index (χ1n) is 5.92. The van der Waals surface area contributed by atoms with Crippen LogP contribution in [0.3, 0.4) is 0 Å². The molecular formula is C11H9F3N4O2S. The lowest BCUT2D eigenvalue weighted by atomic mass is 10.0. The molecule has 2 atom stereocenters. The zero-order valence-corrected chi connectivity index (χ0v) is 11.1. The third-order valence-electron chi connectivity index (χ3n) is 3.14. The molecule has 10 heteroatoms. The van der Waals surface area contributed by atoms with Gasteiger partial charge < -0.3 is 10.4 Å². The van der Waals surface area contributed by atoms with Crippen LogP contribution in [0.5, 0.6) is 0 Å². The van der Waals surface area contributed by atoms with E-state index in [4.69, 9.17) is 5.11 Å². The minimum Gasteiger partial charge on any atom is -0.475 e. The second-order valence-corrected chi connectivity index (χ2v) is 5.49. The molecule has 0 bridgehead atoms. The van der Waals surface area contributed by atoms with Gasteiger partial charge in [0.05, 0.1) is 6.04 Å². The van der Waals surface area contributed by atoms with Crippen molar-refractivity contribution in [1.82, 2.24) is 14.8 Å². The third kappa shape index (κ3) is 2.46. The van der Waals surface area contributed by atoms with Crippen LogP contribution in [-0.4, -0.2) is 32.0 Å². The summed E-state index contributed by atoms with van der Waals surface area (Å²) in [6, 6.07) is 0.989. The van der Waals surface area contributed by atoms with Gasteiger partial charge in [-0.15, -0.1) is 16.4 Å². The molecule has 21 heavy (non-hydrogen) atoms. The number of anilines is 1. The molecule has 112 valence electrons. The van der Waals surface area contributed by atoms with Crippen molar-refractivity contribution in [2.75, 3.05) is 5.32 Å². The van der Waals surface area contributed by atoms with E-state index in [-0.39, 0.29) is 12.4 Å². The largest absolute Gasteiger partial charge is 0.475 e. The Morgan fingerprint density at radius 2 is 2.29 bits per heavy atom. The summed E-state index contributed by atoms with van der Waals surface area (Å²) in [6.45, 7) is 0. The summed E-state index contributed by atoms with van der Waals surface area (Å²) >= 11 is 1.33. The SMILES string of the molecule is O=C(O)c1nc2n(n1)[C@H](C(F)(F)F)C[C@H](c1cccs1)N2. The van der Waals surface area contributed by atoms with Gasteiger partial charge in [0.2, 0.25) is 5.95 Å². The molecule has 0 saturated carbocycles. The first-order valence-corrected chi connectivity index (χ1v) is 6.80. The van der Waals surface area contributed by atoms with E-state index in [1.54, 1.807) is 17.5 Å². The number of carbonyl (C=O) groups is 1. The average molecular weight is 318 g/mol. The summed E-state index contributed by atoms with van der Waals surface area (Å²) in [4.78, 5) is 15.2. The molecule has 2 N–H and O–H groups in total. The van der Waals surface area contributed by atoms with E-state index in [0.717, 1.165) is 4.88 Å². The number of aromatic nitrogens is 3. The predicted molar refractivity (Wildman–Crippen MR) is 67.4 cm³/mol. The molecule has 0 saturated heterocycles. The van der Waals surface area contributed by atoms with Crippen molar-refractivity contribution in [2.24, 2.45) is 0 Å². The zero-order valence-electron chi connectivity index (χ0n) is 10.3. The van der Waals surface area contributed by atoms with Crippen molar-refractivity contribution in [3.63, 3.8) is 0 Å². The van der Waals surface area contributed by atoms with Crippen molar-refractivity contribution in [1.29, 1.82) is 0 Å². The van der Waals surface area contributed by atoms with E-state index in [2.05, 4.69) is 15.4 Å². The Morgan fingerprint density at radius 1 is 1.52 bits per heavy atom. The van der Waals surface area contributed by atoms with Crippen LogP contribution in [0.15, 0.2) is 17.5 Å². The number of alkyl halides is 3. The van der Waals surface area contributed by atoms with E-state index < -0.39 is 30.1 Å². The number of thiophene rings is 1. The van der Waals surface area contributed by atoms with E-state index in [1.807, 2.05) is 0 Å². The van der Waals surface area contributed by atoms with Crippen LogP contribution < -0.4 is 5.32 Å². The standard InChI is InChI=1S/C11H9F3N4O2S/c12-11(13,14)7-4-5(6-2-1-3-21-6)15-10-16-8(9(19)20)17-18(7)10/h1-3,5,7H,4H2,(H,19,20)(H,15,16,17)/t5-,7+/m1/s1. The maximum Gasteiger partial charge on any atom is 0.411 e. The van der Waals surface area contributed by atoms with Gasteiger partial charge in [0, 0.05) is 11.3 Å². The van der Waals surface area contributed by atoms with Gasteiger partial charge in [-0.3, -0.25) is 0 Å². The summed E-state index contributed by atoms with van der Waals surface area (Å²) < 4.78 is 40.2. The number of carboxylic acids is 1. The fourth-order valence-corrected chi connectivity index (χ4v) is 3.01. The molecule has 0 unspecified atom stereocenters. The Bertz CT molecular complexity index is 668. The Hall–Kier alpha value is -2.10. The van der Waals surface area contributed by atoms with Crippen molar-refractivity contribution in [3.8, 4) is 0 Å². The summed E-state index contributed by atoms with van der Waals surface area (Å²) in [5.74, 6) is -2.30. The lowest BCUT2D eigenvalue weighted by Crippen LogP contribution is -2.35. The number of hydrogen-bond donors (Lipinski definition) is 2. The molecule has 1 aliphatic rings. The van der Waals surface area contributed by atoms with Gasteiger partial charge in [-0.05, 0) is 11.4 Å². The number of nitrogens with zero attached hydrogens (tertiary/aromatic N) is 3. The normalized spacial score (nSPS) is 21.7. The van der Waals surface area contributed by atoms with E-state index in [9.17, 15) is 18.0 Å².